The van der Waals surface area contributed by atoms with E-state index in [1.807, 2.05) is 25.1 Å². The van der Waals surface area contributed by atoms with Gasteiger partial charge >= 0.3 is 0 Å². The van der Waals surface area contributed by atoms with Crippen LogP contribution in [-0.4, -0.2) is 32.0 Å². The smallest absolute Gasteiger partial charge is 0.299 e. The summed E-state index contributed by atoms with van der Waals surface area (Å²) in [4.78, 5) is 25.6. The van der Waals surface area contributed by atoms with Crippen molar-refractivity contribution in [3.8, 4) is 11.5 Å². The predicted molar refractivity (Wildman–Crippen MR) is 86.4 cm³/mol. The summed E-state index contributed by atoms with van der Waals surface area (Å²) in [6.45, 7) is 2.47. The van der Waals surface area contributed by atoms with E-state index >= 15 is 0 Å². The van der Waals surface area contributed by atoms with Gasteiger partial charge in [0.15, 0.2) is 11.5 Å². The highest BCUT2D eigenvalue weighted by Crippen LogP contribution is 2.30. The van der Waals surface area contributed by atoms with Crippen molar-refractivity contribution in [2.75, 3.05) is 25.2 Å². The number of rotatable bonds is 5. The van der Waals surface area contributed by atoms with Gasteiger partial charge in [-0.15, -0.1) is 0 Å². The first-order chi connectivity index (χ1) is 11.1. The second-order valence-corrected chi connectivity index (χ2v) is 5.31. The molecular weight excluding hydrogens is 294 g/mol. The van der Waals surface area contributed by atoms with Gasteiger partial charge in [-0.25, -0.2) is 0 Å². The van der Waals surface area contributed by atoms with E-state index in [1.165, 1.54) is 4.90 Å². The maximum absolute atomic E-state index is 12.1. The predicted octanol–water partition coefficient (Wildman–Crippen LogP) is 2.61. The van der Waals surface area contributed by atoms with Crippen molar-refractivity contribution in [2.45, 2.75) is 6.92 Å². The van der Waals surface area contributed by atoms with Crippen LogP contribution in [-0.2, 0) is 4.79 Å². The summed E-state index contributed by atoms with van der Waals surface area (Å²) in [5, 5.41) is 0. The number of methoxy groups -OCH3 is 1. The summed E-state index contributed by atoms with van der Waals surface area (Å²) in [6, 6.07) is 12.7. The molecule has 0 N–H and O–H groups in total. The van der Waals surface area contributed by atoms with E-state index in [0.29, 0.717) is 29.3 Å². The number of hydrogen-bond acceptors (Lipinski definition) is 4. The molecule has 0 aliphatic carbocycles. The van der Waals surface area contributed by atoms with E-state index in [9.17, 15) is 9.59 Å². The fourth-order valence-corrected chi connectivity index (χ4v) is 2.62. The molecule has 0 saturated carbocycles. The molecule has 0 unspecified atom stereocenters. The van der Waals surface area contributed by atoms with Gasteiger partial charge in [0, 0.05) is 0 Å². The number of benzene rings is 2. The van der Waals surface area contributed by atoms with E-state index in [1.54, 1.807) is 31.4 Å². The van der Waals surface area contributed by atoms with Gasteiger partial charge in [-0.2, -0.15) is 0 Å². The summed E-state index contributed by atoms with van der Waals surface area (Å²) in [6.07, 6.45) is 0. The lowest BCUT2D eigenvalue weighted by atomic mass is 10.1. The molecule has 2 aromatic carbocycles. The minimum Gasteiger partial charge on any atom is -0.493 e. The molecule has 0 saturated heterocycles. The van der Waals surface area contributed by atoms with Gasteiger partial charge in [0.05, 0.1) is 24.9 Å². The summed E-state index contributed by atoms with van der Waals surface area (Å²) in [5.74, 6) is 0.277. The molecule has 1 heterocycles. The summed E-state index contributed by atoms with van der Waals surface area (Å²) in [7, 11) is 1.57. The van der Waals surface area contributed by atoms with E-state index in [-0.39, 0.29) is 6.61 Å². The average molecular weight is 311 g/mol. The number of carbonyl (C=O) groups excluding carboxylic acids is 2. The second kappa shape index (κ2) is 6.12. The molecule has 5 nitrogen and oxygen atoms in total. The molecule has 3 rings (SSSR count). The lowest BCUT2D eigenvalue weighted by Crippen LogP contribution is -2.33. The highest BCUT2D eigenvalue weighted by Gasteiger charge is 2.35. The van der Waals surface area contributed by atoms with Crippen LogP contribution in [0.3, 0.4) is 0 Å². The standard InChI is InChI=1S/C18H17NO4/c1-12-7-8-14-13(11-12)17(20)18(21)19(14)9-10-23-16-6-4-3-5-15(16)22-2/h3-8,11H,9-10H2,1-2H3. The van der Waals surface area contributed by atoms with Crippen LogP contribution < -0.4 is 14.4 Å². The average Bonchev–Trinajstić information content (AvgIpc) is 2.80. The third-order valence-corrected chi connectivity index (χ3v) is 3.77. The maximum atomic E-state index is 12.1. The highest BCUT2D eigenvalue weighted by molar-refractivity contribution is 6.52. The van der Waals surface area contributed by atoms with Gasteiger partial charge in [0.2, 0.25) is 0 Å². The number of aryl methyl sites for hydroxylation is 1. The fourth-order valence-electron chi connectivity index (χ4n) is 2.62. The van der Waals surface area contributed by atoms with Gasteiger partial charge in [-0.05, 0) is 31.2 Å². The van der Waals surface area contributed by atoms with Gasteiger partial charge in [0.1, 0.15) is 6.61 Å². The number of carbonyl (C=O) groups is 2. The minimum absolute atomic E-state index is 0.271. The van der Waals surface area contributed by atoms with Crippen molar-refractivity contribution in [1.82, 2.24) is 0 Å². The third kappa shape index (κ3) is 2.77. The van der Waals surface area contributed by atoms with Crippen molar-refractivity contribution in [3.05, 3.63) is 53.6 Å². The first-order valence-electron chi connectivity index (χ1n) is 7.34. The van der Waals surface area contributed by atoms with Crippen LogP contribution in [0.4, 0.5) is 5.69 Å². The molecule has 1 aliphatic rings. The molecule has 0 fully saturated rings. The Morgan fingerprint density at radius 3 is 2.52 bits per heavy atom. The van der Waals surface area contributed by atoms with Crippen LogP contribution in [0.1, 0.15) is 15.9 Å². The summed E-state index contributed by atoms with van der Waals surface area (Å²) >= 11 is 0. The molecule has 0 aromatic heterocycles. The zero-order chi connectivity index (χ0) is 16.4. The molecule has 0 atom stereocenters. The van der Waals surface area contributed by atoms with E-state index < -0.39 is 11.7 Å². The highest BCUT2D eigenvalue weighted by atomic mass is 16.5. The van der Waals surface area contributed by atoms with Crippen LogP contribution in [0.25, 0.3) is 0 Å². The van der Waals surface area contributed by atoms with Crippen molar-refractivity contribution in [1.29, 1.82) is 0 Å². The molecule has 2 aromatic rings. The van der Waals surface area contributed by atoms with Crippen LogP contribution in [0.15, 0.2) is 42.5 Å². The summed E-state index contributed by atoms with van der Waals surface area (Å²) < 4.78 is 10.9. The minimum atomic E-state index is -0.505. The monoisotopic (exact) mass is 311 g/mol. The van der Waals surface area contributed by atoms with Gasteiger partial charge in [-0.1, -0.05) is 23.8 Å². The molecule has 118 valence electrons. The second-order valence-electron chi connectivity index (χ2n) is 5.31. The van der Waals surface area contributed by atoms with Crippen molar-refractivity contribution >= 4 is 17.4 Å². The molecule has 0 spiro atoms. The lowest BCUT2D eigenvalue weighted by Gasteiger charge is -2.17. The van der Waals surface area contributed by atoms with Crippen LogP contribution in [0, 0.1) is 6.92 Å². The Hall–Kier alpha value is -2.82. The molecular formula is C18H17NO4. The number of fused-ring (bicyclic) bond motifs is 1. The first-order valence-corrected chi connectivity index (χ1v) is 7.34. The Morgan fingerprint density at radius 2 is 1.78 bits per heavy atom. The fraction of sp³-hybridized carbons (Fsp3) is 0.222. The van der Waals surface area contributed by atoms with Crippen LogP contribution in [0.5, 0.6) is 11.5 Å². The molecule has 0 bridgehead atoms. The van der Waals surface area contributed by atoms with Gasteiger partial charge < -0.3 is 14.4 Å². The number of amides is 1. The van der Waals surface area contributed by atoms with E-state index in [2.05, 4.69) is 0 Å². The van der Waals surface area contributed by atoms with Crippen LogP contribution in [0.2, 0.25) is 0 Å². The molecule has 23 heavy (non-hydrogen) atoms. The van der Waals surface area contributed by atoms with Crippen molar-refractivity contribution < 1.29 is 19.1 Å². The number of para-hydroxylation sites is 2. The maximum Gasteiger partial charge on any atom is 0.299 e. The zero-order valence-corrected chi connectivity index (χ0v) is 13.0. The number of Topliss-reactive ketones (excluding diaryl/α,β-unsaturated/α-hetero) is 1. The van der Waals surface area contributed by atoms with Crippen molar-refractivity contribution in [2.24, 2.45) is 0 Å². The first kappa shape index (κ1) is 15.1. The van der Waals surface area contributed by atoms with Gasteiger partial charge in [0.25, 0.3) is 11.7 Å². The number of ether oxygens (including phenoxy) is 2. The van der Waals surface area contributed by atoms with Crippen LogP contribution >= 0.6 is 0 Å². The topological polar surface area (TPSA) is 55.8 Å². The Balaban J connectivity index is 1.72. The Kier molecular flexibility index (Phi) is 4.02. The SMILES string of the molecule is COc1ccccc1OCCN1C(=O)C(=O)c2cc(C)ccc21. The number of ketones is 1. The number of anilines is 1. The van der Waals surface area contributed by atoms with E-state index in [4.69, 9.17) is 9.47 Å². The molecule has 1 amide bonds. The normalized spacial score (nSPS) is 13.2. The van der Waals surface area contributed by atoms with E-state index in [0.717, 1.165) is 5.56 Å². The molecule has 0 radical (unpaired) electrons. The Labute approximate surface area is 134 Å². The Morgan fingerprint density at radius 1 is 1.04 bits per heavy atom. The molecule has 5 heteroatoms. The lowest BCUT2D eigenvalue weighted by molar-refractivity contribution is -0.114. The number of nitrogens with zero attached hydrogens (tertiary/aromatic N) is 1. The quantitative estimate of drug-likeness (QED) is 0.797. The van der Waals surface area contributed by atoms with Gasteiger partial charge in [-0.3, -0.25) is 9.59 Å². The molecule has 1 aliphatic heterocycles. The zero-order valence-electron chi connectivity index (χ0n) is 13.0. The Bertz CT molecular complexity index is 769. The largest absolute Gasteiger partial charge is 0.493 e. The van der Waals surface area contributed by atoms with Crippen molar-refractivity contribution in [3.63, 3.8) is 0 Å². The third-order valence-electron chi connectivity index (χ3n) is 3.77. The number of hydrogen-bond donors (Lipinski definition) is 0. The summed E-state index contributed by atoms with van der Waals surface area (Å²) in [5.41, 5.74) is 2.07.